The first-order chi connectivity index (χ1) is 9.75. The molecule has 0 unspecified atom stereocenters. The standard InChI is InChI=1S/C16H19N3O/c1-12-4-2-3-5-13(12)8-9-17-15-16(20)19(11-10-18-15)14-6-7-14/h2-5,10-11,14H,6-9H2,1H3,(H,17,18). The van der Waals surface area contributed by atoms with Crippen LogP contribution in [0.2, 0.25) is 0 Å². The van der Waals surface area contributed by atoms with Crippen molar-refractivity contribution in [2.24, 2.45) is 0 Å². The fourth-order valence-corrected chi connectivity index (χ4v) is 2.39. The van der Waals surface area contributed by atoms with Gasteiger partial charge >= 0.3 is 0 Å². The zero-order chi connectivity index (χ0) is 13.9. The lowest BCUT2D eigenvalue weighted by Crippen LogP contribution is -2.24. The first-order valence-electron chi connectivity index (χ1n) is 7.11. The minimum atomic E-state index is -0.000200. The maximum absolute atomic E-state index is 12.2. The highest BCUT2D eigenvalue weighted by Gasteiger charge is 2.25. The van der Waals surface area contributed by atoms with Crippen molar-refractivity contribution in [3.63, 3.8) is 0 Å². The summed E-state index contributed by atoms with van der Waals surface area (Å²) in [5.41, 5.74) is 2.59. The molecule has 1 aliphatic rings. The molecule has 0 aliphatic heterocycles. The molecule has 1 aliphatic carbocycles. The summed E-state index contributed by atoms with van der Waals surface area (Å²) in [6.45, 7) is 2.83. The number of rotatable bonds is 5. The van der Waals surface area contributed by atoms with Gasteiger partial charge < -0.3 is 9.88 Å². The van der Waals surface area contributed by atoms with Crippen LogP contribution in [-0.4, -0.2) is 16.1 Å². The molecule has 4 nitrogen and oxygen atoms in total. The average molecular weight is 269 g/mol. The quantitative estimate of drug-likeness (QED) is 0.907. The van der Waals surface area contributed by atoms with Crippen molar-refractivity contribution in [2.45, 2.75) is 32.2 Å². The lowest BCUT2D eigenvalue weighted by atomic mass is 10.1. The number of nitrogens with zero attached hydrogens (tertiary/aromatic N) is 2. The van der Waals surface area contributed by atoms with Gasteiger partial charge in [-0.05, 0) is 37.3 Å². The molecular formula is C16H19N3O. The fourth-order valence-electron chi connectivity index (χ4n) is 2.39. The summed E-state index contributed by atoms with van der Waals surface area (Å²) in [6.07, 6.45) is 6.59. The van der Waals surface area contributed by atoms with E-state index in [1.54, 1.807) is 17.0 Å². The van der Waals surface area contributed by atoms with Crippen molar-refractivity contribution >= 4 is 5.82 Å². The molecule has 20 heavy (non-hydrogen) atoms. The molecule has 2 aromatic rings. The van der Waals surface area contributed by atoms with E-state index in [1.165, 1.54) is 11.1 Å². The Kier molecular flexibility index (Phi) is 3.54. The lowest BCUT2D eigenvalue weighted by molar-refractivity contribution is 0.699. The van der Waals surface area contributed by atoms with Crippen LogP contribution in [-0.2, 0) is 6.42 Å². The van der Waals surface area contributed by atoms with Gasteiger partial charge in [-0.3, -0.25) is 4.79 Å². The second-order valence-electron chi connectivity index (χ2n) is 5.32. The summed E-state index contributed by atoms with van der Waals surface area (Å²) in [6, 6.07) is 8.71. The van der Waals surface area contributed by atoms with Crippen LogP contribution >= 0.6 is 0 Å². The second kappa shape index (κ2) is 5.49. The van der Waals surface area contributed by atoms with Gasteiger partial charge in [0.05, 0.1) is 0 Å². The zero-order valence-electron chi connectivity index (χ0n) is 11.7. The van der Waals surface area contributed by atoms with E-state index in [9.17, 15) is 4.79 Å². The molecule has 1 saturated carbocycles. The second-order valence-corrected chi connectivity index (χ2v) is 5.32. The third-order valence-electron chi connectivity index (χ3n) is 3.76. The molecule has 1 heterocycles. The zero-order valence-corrected chi connectivity index (χ0v) is 11.7. The Labute approximate surface area is 118 Å². The van der Waals surface area contributed by atoms with Crippen LogP contribution in [0.5, 0.6) is 0 Å². The highest BCUT2D eigenvalue weighted by molar-refractivity contribution is 5.33. The Morgan fingerprint density at radius 3 is 2.90 bits per heavy atom. The van der Waals surface area contributed by atoms with Crippen LogP contribution in [0.4, 0.5) is 5.82 Å². The molecule has 0 bridgehead atoms. The van der Waals surface area contributed by atoms with Crippen molar-refractivity contribution in [1.82, 2.24) is 9.55 Å². The molecule has 3 rings (SSSR count). The normalized spacial score (nSPS) is 14.2. The van der Waals surface area contributed by atoms with Gasteiger partial charge in [0, 0.05) is 25.0 Å². The predicted octanol–water partition coefficient (Wildman–Crippen LogP) is 2.54. The van der Waals surface area contributed by atoms with Crippen molar-refractivity contribution < 1.29 is 0 Å². The van der Waals surface area contributed by atoms with Gasteiger partial charge in [-0.25, -0.2) is 4.98 Å². The van der Waals surface area contributed by atoms with Gasteiger partial charge in [0.1, 0.15) is 0 Å². The number of nitrogens with one attached hydrogen (secondary N) is 1. The van der Waals surface area contributed by atoms with E-state index in [0.29, 0.717) is 11.9 Å². The van der Waals surface area contributed by atoms with E-state index >= 15 is 0 Å². The lowest BCUT2D eigenvalue weighted by Gasteiger charge is -2.09. The number of hydrogen-bond acceptors (Lipinski definition) is 3. The molecule has 4 heteroatoms. The van der Waals surface area contributed by atoms with Crippen molar-refractivity contribution in [3.05, 3.63) is 58.1 Å². The molecular weight excluding hydrogens is 250 g/mol. The maximum Gasteiger partial charge on any atom is 0.293 e. The Hall–Kier alpha value is -2.10. The van der Waals surface area contributed by atoms with Gasteiger partial charge in [0.2, 0.25) is 0 Å². The summed E-state index contributed by atoms with van der Waals surface area (Å²) in [7, 11) is 0. The van der Waals surface area contributed by atoms with E-state index in [-0.39, 0.29) is 5.56 Å². The number of aromatic nitrogens is 2. The Morgan fingerprint density at radius 1 is 1.35 bits per heavy atom. The van der Waals surface area contributed by atoms with E-state index in [2.05, 4.69) is 29.4 Å². The van der Waals surface area contributed by atoms with Gasteiger partial charge in [0.15, 0.2) is 5.82 Å². The Bertz CT molecular complexity index is 659. The maximum atomic E-state index is 12.2. The minimum Gasteiger partial charge on any atom is -0.365 e. The van der Waals surface area contributed by atoms with Crippen LogP contribution in [0.1, 0.15) is 30.0 Å². The molecule has 1 aromatic carbocycles. The SMILES string of the molecule is Cc1ccccc1CCNc1nccn(C2CC2)c1=O. The molecule has 0 radical (unpaired) electrons. The van der Waals surface area contributed by atoms with Crippen LogP contribution in [0, 0.1) is 6.92 Å². The molecule has 0 amide bonds. The van der Waals surface area contributed by atoms with Gasteiger partial charge in [-0.1, -0.05) is 24.3 Å². The Balaban J connectivity index is 1.66. The third kappa shape index (κ3) is 2.74. The molecule has 0 atom stereocenters. The van der Waals surface area contributed by atoms with E-state index in [1.807, 2.05) is 12.1 Å². The average Bonchev–Trinajstić information content (AvgIpc) is 3.27. The summed E-state index contributed by atoms with van der Waals surface area (Å²) in [4.78, 5) is 16.4. The monoisotopic (exact) mass is 269 g/mol. The summed E-state index contributed by atoms with van der Waals surface area (Å²) in [5.74, 6) is 0.466. The van der Waals surface area contributed by atoms with Gasteiger partial charge in [-0.2, -0.15) is 0 Å². The molecule has 1 aromatic heterocycles. The molecule has 0 spiro atoms. The fraction of sp³-hybridized carbons (Fsp3) is 0.375. The summed E-state index contributed by atoms with van der Waals surface area (Å²) in [5, 5.41) is 3.17. The van der Waals surface area contributed by atoms with Gasteiger partial charge in [-0.15, -0.1) is 0 Å². The number of aryl methyl sites for hydroxylation is 1. The first kappa shape index (κ1) is 12.9. The summed E-state index contributed by atoms with van der Waals surface area (Å²) >= 11 is 0. The van der Waals surface area contributed by atoms with E-state index < -0.39 is 0 Å². The number of benzene rings is 1. The largest absolute Gasteiger partial charge is 0.365 e. The third-order valence-corrected chi connectivity index (χ3v) is 3.76. The van der Waals surface area contributed by atoms with Crippen molar-refractivity contribution in [1.29, 1.82) is 0 Å². The highest BCUT2D eigenvalue weighted by Crippen LogP contribution is 2.33. The van der Waals surface area contributed by atoms with Crippen LogP contribution in [0.25, 0.3) is 0 Å². The van der Waals surface area contributed by atoms with Crippen LogP contribution in [0.3, 0.4) is 0 Å². The topological polar surface area (TPSA) is 46.9 Å². The number of anilines is 1. The first-order valence-corrected chi connectivity index (χ1v) is 7.11. The number of hydrogen-bond donors (Lipinski definition) is 1. The van der Waals surface area contributed by atoms with E-state index in [0.717, 1.165) is 25.8 Å². The predicted molar refractivity (Wildman–Crippen MR) is 80.1 cm³/mol. The van der Waals surface area contributed by atoms with Gasteiger partial charge in [0.25, 0.3) is 5.56 Å². The molecule has 1 fully saturated rings. The van der Waals surface area contributed by atoms with Crippen molar-refractivity contribution in [3.8, 4) is 0 Å². The molecule has 0 saturated heterocycles. The smallest absolute Gasteiger partial charge is 0.293 e. The molecule has 1 N–H and O–H groups in total. The molecule has 104 valence electrons. The Morgan fingerprint density at radius 2 is 2.15 bits per heavy atom. The van der Waals surface area contributed by atoms with Crippen molar-refractivity contribution in [2.75, 3.05) is 11.9 Å². The van der Waals surface area contributed by atoms with Crippen LogP contribution < -0.4 is 10.9 Å². The summed E-state index contributed by atoms with van der Waals surface area (Å²) < 4.78 is 1.79. The highest BCUT2D eigenvalue weighted by atomic mass is 16.1. The van der Waals surface area contributed by atoms with E-state index in [4.69, 9.17) is 0 Å². The van der Waals surface area contributed by atoms with Crippen LogP contribution in [0.15, 0.2) is 41.5 Å². The minimum absolute atomic E-state index is 0.000200.